The number of fused-ring (bicyclic) bond motifs is 1. The molecule has 0 spiro atoms. The second-order valence-corrected chi connectivity index (χ2v) is 9.49. The molecule has 1 aromatic rings. The molecule has 1 aliphatic heterocycles. The molecule has 136 valence electrons. The van der Waals surface area contributed by atoms with Crippen LogP contribution in [0.5, 0.6) is 11.5 Å². The van der Waals surface area contributed by atoms with Gasteiger partial charge in [-0.1, -0.05) is 6.42 Å². The molecule has 0 saturated heterocycles. The van der Waals surface area contributed by atoms with Gasteiger partial charge in [-0.2, -0.15) is 0 Å². The van der Waals surface area contributed by atoms with Gasteiger partial charge >= 0.3 is 0 Å². The molecule has 0 atom stereocenters. The molecule has 1 heterocycles. The molecule has 24 heavy (non-hydrogen) atoms. The molecule has 0 saturated carbocycles. The number of benzene rings is 1. The highest BCUT2D eigenvalue weighted by Crippen LogP contribution is 2.38. The summed E-state index contributed by atoms with van der Waals surface area (Å²) in [4.78, 5) is 0. The Morgan fingerprint density at radius 1 is 1.08 bits per heavy atom. The highest BCUT2D eigenvalue weighted by molar-refractivity contribution is 7.90. The lowest BCUT2D eigenvalue weighted by molar-refractivity contribution is 0.173. The van der Waals surface area contributed by atoms with E-state index in [1.807, 2.05) is 19.1 Å². The van der Waals surface area contributed by atoms with Crippen molar-refractivity contribution in [2.24, 2.45) is 0 Å². The summed E-state index contributed by atoms with van der Waals surface area (Å²) in [6.07, 6.45) is 2.77. The zero-order valence-corrected chi connectivity index (χ0v) is 15.8. The average Bonchev–Trinajstić information content (AvgIpc) is 2.96. The molecule has 0 aromatic heterocycles. The van der Waals surface area contributed by atoms with Crippen LogP contribution in [0.3, 0.4) is 0 Å². The fraction of sp³-hybridized carbons (Fsp3) is 0.647. The Balaban J connectivity index is 1.66. The molecule has 0 radical (unpaired) electrons. The van der Waals surface area contributed by atoms with Crippen molar-refractivity contribution < 1.29 is 17.9 Å². The summed E-state index contributed by atoms with van der Waals surface area (Å²) in [5.41, 5.74) is 2.11. The third kappa shape index (κ3) is 4.54. The van der Waals surface area contributed by atoms with Crippen LogP contribution in [-0.4, -0.2) is 33.0 Å². The van der Waals surface area contributed by atoms with E-state index in [1.54, 1.807) is 20.8 Å². The van der Waals surface area contributed by atoms with Gasteiger partial charge in [0.15, 0.2) is 11.5 Å². The van der Waals surface area contributed by atoms with Gasteiger partial charge in [0, 0.05) is 24.3 Å². The summed E-state index contributed by atoms with van der Waals surface area (Å²) in [5.74, 6) is 1.61. The summed E-state index contributed by atoms with van der Waals surface area (Å²) >= 11 is 0. The van der Waals surface area contributed by atoms with E-state index in [2.05, 4.69) is 10.0 Å². The Hall–Kier alpha value is -1.47. The number of hydrogen-bond acceptors (Lipinski definition) is 5. The summed E-state index contributed by atoms with van der Waals surface area (Å²) in [5, 5.41) is 3.40. The topological polar surface area (TPSA) is 76.7 Å². The van der Waals surface area contributed by atoms with Gasteiger partial charge in [0.1, 0.15) is 0 Å². The maximum absolute atomic E-state index is 11.9. The van der Waals surface area contributed by atoms with E-state index in [0.29, 0.717) is 6.54 Å². The molecular formula is C17H28N2O4S. The molecule has 0 amide bonds. The molecule has 7 heteroatoms. The minimum Gasteiger partial charge on any atom is -0.454 e. The third-order valence-electron chi connectivity index (χ3n) is 4.05. The van der Waals surface area contributed by atoms with Crippen molar-refractivity contribution in [3.8, 4) is 11.5 Å². The molecule has 0 bridgehead atoms. The number of ether oxygens (including phenoxy) is 2. The number of sulfonamides is 1. The summed E-state index contributed by atoms with van der Waals surface area (Å²) in [6, 6.07) is 3.92. The molecule has 2 rings (SSSR count). The molecule has 0 aliphatic carbocycles. The standard InChI is InChI=1S/C17H28N2O4S/c1-13-14(8-9-15-16(13)23-12-22-15)18-10-6-5-7-11-19-24(20,21)17(2,3)4/h8-9,18-19H,5-7,10-12H2,1-4H3. The fourth-order valence-electron chi connectivity index (χ4n) is 2.38. The first-order valence-electron chi connectivity index (χ1n) is 8.34. The molecule has 1 aromatic carbocycles. The highest BCUT2D eigenvalue weighted by Gasteiger charge is 2.27. The predicted molar refractivity (Wildman–Crippen MR) is 96.3 cm³/mol. The van der Waals surface area contributed by atoms with Crippen LogP contribution in [0.1, 0.15) is 45.6 Å². The van der Waals surface area contributed by atoms with Crippen LogP contribution < -0.4 is 19.5 Å². The maximum Gasteiger partial charge on any atom is 0.231 e. The molecule has 2 N–H and O–H groups in total. The van der Waals surface area contributed by atoms with Crippen LogP contribution in [0.15, 0.2) is 12.1 Å². The fourth-order valence-corrected chi connectivity index (χ4v) is 3.22. The monoisotopic (exact) mass is 356 g/mol. The minimum atomic E-state index is -3.24. The van der Waals surface area contributed by atoms with Crippen LogP contribution >= 0.6 is 0 Å². The van der Waals surface area contributed by atoms with Gasteiger partial charge in [0.2, 0.25) is 16.8 Å². The molecular weight excluding hydrogens is 328 g/mol. The van der Waals surface area contributed by atoms with Gasteiger partial charge in [-0.3, -0.25) is 0 Å². The van der Waals surface area contributed by atoms with Crippen LogP contribution in [0.25, 0.3) is 0 Å². The Labute approximate surface area is 145 Å². The van der Waals surface area contributed by atoms with Crippen LogP contribution in [0, 0.1) is 6.92 Å². The van der Waals surface area contributed by atoms with Crippen molar-refractivity contribution in [2.75, 3.05) is 25.2 Å². The Morgan fingerprint density at radius 3 is 2.50 bits per heavy atom. The van der Waals surface area contributed by atoms with Crippen LogP contribution in [0.4, 0.5) is 5.69 Å². The zero-order chi connectivity index (χ0) is 17.8. The number of anilines is 1. The zero-order valence-electron chi connectivity index (χ0n) is 14.9. The highest BCUT2D eigenvalue weighted by atomic mass is 32.2. The van der Waals surface area contributed by atoms with E-state index in [9.17, 15) is 8.42 Å². The first-order chi connectivity index (χ1) is 11.2. The quantitative estimate of drug-likeness (QED) is 0.700. The average molecular weight is 356 g/mol. The lowest BCUT2D eigenvalue weighted by atomic mass is 10.1. The van der Waals surface area contributed by atoms with Gasteiger partial charge in [-0.15, -0.1) is 0 Å². The van der Waals surface area contributed by atoms with Crippen LogP contribution in [-0.2, 0) is 10.0 Å². The molecule has 1 aliphatic rings. The maximum atomic E-state index is 11.9. The second kappa shape index (κ2) is 7.61. The van der Waals surface area contributed by atoms with E-state index < -0.39 is 14.8 Å². The Morgan fingerprint density at radius 2 is 1.79 bits per heavy atom. The third-order valence-corrected chi connectivity index (χ3v) is 6.25. The van der Waals surface area contributed by atoms with Crippen molar-refractivity contribution in [3.63, 3.8) is 0 Å². The first kappa shape index (κ1) is 18.9. The molecule has 6 nitrogen and oxygen atoms in total. The SMILES string of the molecule is Cc1c(NCCCCCNS(=O)(=O)C(C)(C)C)ccc2c1OCO2. The van der Waals surface area contributed by atoms with E-state index in [-0.39, 0.29) is 6.79 Å². The largest absolute Gasteiger partial charge is 0.454 e. The van der Waals surface area contributed by atoms with E-state index in [1.165, 1.54) is 0 Å². The summed E-state index contributed by atoms with van der Waals surface area (Å²) in [6.45, 7) is 8.73. The van der Waals surface area contributed by atoms with Crippen LogP contribution in [0.2, 0.25) is 0 Å². The minimum absolute atomic E-state index is 0.282. The van der Waals surface area contributed by atoms with Crippen molar-refractivity contribution >= 4 is 15.7 Å². The smallest absolute Gasteiger partial charge is 0.231 e. The van der Waals surface area contributed by atoms with Gasteiger partial charge in [0.25, 0.3) is 0 Å². The van der Waals surface area contributed by atoms with Crippen molar-refractivity contribution in [2.45, 2.75) is 51.7 Å². The Kier molecular flexibility index (Phi) is 5.98. The predicted octanol–water partition coefficient (Wildman–Crippen LogP) is 3.02. The normalized spacial score (nSPS) is 14.0. The molecule has 0 unspecified atom stereocenters. The number of rotatable bonds is 8. The van der Waals surface area contributed by atoms with Crippen molar-refractivity contribution in [3.05, 3.63) is 17.7 Å². The van der Waals surface area contributed by atoms with Gasteiger partial charge in [0.05, 0.1) is 4.75 Å². The van der Waals surface area contributed by atoms with Gasteiger partial charge in [-0.05, 0) is 52.7 Å². The number of hydrogen-bond donors (Lipinski definition) is 2. The van der Waals surface area contributed by atoms with Crippen molar-refractivity contribution in [1.29, 1.82) is 0 Å². The second-order valence-electron chi connectivity index (χ2n) is 6.97. The summed E-state index contributed by atoms with van der Waals surface area (Å²) < 4.78 is 36.5. The number of nitrogens with one attached hydrogen (secondary N) is 2. The van der Waals surface area contributed by atoms with E-state index >= 15 is 0 Å². The Bertz CT molecular complexity index is 666. The lowest BCUT2D eigenvalue weighted by Crippen LogP contribution is -2.39. The van der Waals surface area contributed by atoms with Gasteiger partial charge in [-0.25, -0.2) is 13.1 Å². The lowest BCUT2D eigenvalue weighted by Gasteiger charge is -2.19. The van der Waals surface area contributed by atoms with E-state index in [4.69, 9.17) is 9.47 Å². The van der Waals surface area contributed by atoms with Crippen molar-refractivity contribution in [1.82, 2.24) is 4.72 Å². The molecule has 0 fully saturated rings. The summed E-state index contributed by atoms with van der Waals surface area (Å²) in [7, 11) is -3.24. The van der Waals surface area contributed by atoms with E-state index in [0.717, 1.165) is 48.6 Å². The first-order valence-corrected chi connectivity index (χ1v) is 9.83. The number of unbranched alkanes of at least 4 members (excludes halogenated alkanes) is 2. The van der Waals surface area contributed by atoms with Gasteiger partial charge < -0.3 is 14.8 Å².